The zero-order chi connectivity index (χ0) is 16.8. The molecule has 124 valence electrons. The summed E-state index contributed by atoms with van der Waals surface area (Å²) >= 11 is 0. The van der Waals surface area contributed by atoms with Crippen LogP contribution in [0.5, 0.6) is 0 Å². The fraction of sp³-hybridized carbons (Fsp3) is 0.471. The number of amides is 2. The van der Waals surface area contributed by atoms with Crippen LogP contribution in [0.3, 0.4) is 0 Å². The number of hydrogen-bond acceptors (Lipinski definition) is 3. The van der Waals surface area contributed by atoms with Gasteiger partial charge in [-0.2, -0.15) is 0 Å². The number of carboxylic acid groups (broad SMARTS) is 1. The van der Waals surface area contributed by atoms with Crippen molar-refractivity contribution in [1.82, 2.24) is 10.2 Å². The Labute approximate surface area is 135 Å². The smallest absolute Gasteiger partial charge is 0.312 e. The van der Waals surface area contributed by atoms with Gasteiger partial charge in [0.2, 0.25) is 11.8 Å². The van der Waals surface area contributed by atoms with Gasteiger partial charge in [-0.05, 0) is 18.4 Å². The van der Waals surface area contributed by atoms with E-state index in [-0.39, 0.29) is 24.3 Å². The van der Waals surface area contributed by atoms with Crippen molar-refractivity contribution in [2.45, 2.75) is 25.7 Å². The minimum absolute atomic E-state index is 0.0267. The number of piperidine rings is 1. The molecule has 0 aromatic heterocycles. The molecule has 2 N–H and O–H groups in total. The van der Waals surface area contributed by atoms with Crippen molar-refractivity contribution < 1.29 is 19.5 Å². The molecule has 0 aliphatic carbocycles. The lowest BCUT2D eigenvalue weighted by molar-refractivity contribution is -0.139. The predicted molar refractivity (Wildman–Crippen MR) is 84.8 cm³/mol. The Bertz CT molecular complexity index is 565. The summed E-state index contributed by atoms with van der Waals surface area (Å²) in [6.45, 7) is 2.76. The highest BCUT2D eigenvalue weighted by Gasteiger charge is 2.27. The number of carboxylic acids is 1. The van der Waals surface area contributed by atoms with Gasteiger partial charge in [0.25, 0.3) is 0 Å². The molecule has 23 heavy (non-hydrogen) atoms. The van der Waals surface area contributed by atoms with Crippen LogP contribution in [0.25, 0.3) is 0 Å². The summed E-state index contributed by atoms with van der Waals surface area (Å²) in [5.41, 5.74) is 0.673. The van der Waals surface area contributed by atoms with Crippen molar-refractivity contribution in [2.75, 3.05) is 19.6 Å². The van der Waals surface area contributed by atoms with Gasteiger partial charge in [-0.25, -0.2) is 0 Å². The Morgan fingerprint density at radius 3 is 2.35 bits per heavy atom. The first-order valence-corrected chi connectivity index (χ1v) is 7.80. The third-order valence-electron chi connectivity index (χ3n) is 4.29. The molecule has 0 saturated carbocycles. The van der Waals surface area contributed by atoms with E-state index in [1.54, 1.807) is 29.2 Å². The second kappa shape index (κ2) is 7.76. The number of hydrogen-bond donors (Lipinski definition) is 2. The monoisotopic (exact) mass is 318 g/mol. The normalized spacial score (nSPS) is 16.7. The number of benzene rings is 1. The molecule has 0 spiro atoms. The first kappa shape index (κ1) is 17.0. The molecule has 1 aromatic carbocycles. The minimum Gasteiger partial charge on any atom is -0.481 e. The molecule has 0 bridgehead atoms. The van der Waals surface area contributed by atoms with Crippen molar-refractivity contribution in [2.24, 2.45) is 5.92 Å². The summed E-state index contributed by atoms with van der Waals surface area (Å²) < 4.78 is 0. The SMILES string of the molecule is CC(=O)N1CCC(C(=O)NCC(C(=O)O)c2ccccc2)CC1. The molecule has 1 aliphatic heterocycles. The third-order valence-corrected chi connectivity index (χ3v) is 4.29. The molecule has 1 unspecified atom stereocenters. The Hall–Kier alpha value is -2.37. The lowest BCUT2D eigenvalue weighted by atomic mass is 9.94. The molecule has 1 fully saturated rings. The minimum atomic E-state index is -0.956. The van der Waals surface area contributed by atoms with Gasteiger partial charge in [-0.3, -0.25) is 14.4 Å². The summed E-state index contributed by atoms with van der Waals surface area (Å²) in [5, 5.41) is 12.1. The third kappa shape index (κ3) is 4.55. The van der Waals surface area contributed by atoms with E-state index in [1.807, 2.05) is 6.07 Å². The largest absolute Gasteiger partial charge is 0.481 e. The first-order chi connectivity index (χ1) is 11.0. The molecule has 1 atom stereocenters. The Balaban J connectivity index is 1.88. The van der Waals surface area contributed by atoms with Crippen LogP contribution in [0.15, 0.2) is 30.3 Å². The van der Waals surface area contributed by atoms with E-state index in [9.17, 15) is 19.5 Å². The first-order valence-electron chi connectivity index (χ1n) is 7.80. The highest BCUT2D eigenvalue weighted by molar-refractivity contribution is 5.81. The number of carbonyl (C=O) groups excluding carboxylic acids is 2. The van der Waals surface area contributed by atoms with Crippen LogP contribution in [-0.4, -0.2) is 47.4 Å². The fourth-order valence-electron chi connectivity index (χ4n) is 2.84. The molecule has 2 amide bonds. The van der Waals surface area contributed by atoms with Gasteiger partial charge in [0.05, 0.1) is 5.92 Å². The molecule has 1 aliphatic rings. The molecule has 1 aromatic rings. The van der Waals surface area contributed by atoms with E-state index in [2.05, 4.69) is 5.32 Å². The summed E-state index contributed by atoms with van der Waals surface area (Å²) in [7, 11) is 0. The summed E-state index contributed by atoms with van der Waals surface area (Å²) in [6, 6.07) is 8.88. The van der Waals surface area contributed by atoms with Gasteiger partial charge in [0, 0.05) is 32.5 Å². The highest BCUT2D eigenvalue weighted by Crippen LogP contribution is 2.19. The maximum Gasteiger partial charge on any atom is 0.312 e. The summed E-state index contributed by atoms with van der Waals surface area (Å²) in [5.74, 6) is -1.97. The summed E-state index contributed by atoms with van der Waals surface area (Å²) in [6.07, 6.45) is 1.24. The molecular weight excluding hydrogens is 296 g/mol. The van der Waals surface area contributed by atoms with E-state index in [0.717, 1.165) is 0 Å². The molecule has 1 heterocycles. The molecule has 6 nitrogen and oxygen atoms in total. The molecule has 1 saturated heterocycles. The average Bonchev–Trinajstić information content (AvgIpc) is 2.55. The van der Waals surface area contributed by atoms with Crippen LogP contribution < -0.4 is 5.32 Å². The maximum atomic E-state index is 12.2. The molecule has 6 heteroatoms. The van der Waals surface area contributed by atoms with Gasteiger partial charge in [-0.1, -0.05) is 30.3 Å². The van der Waals surface area contributed by atoms with Crippen molar-refractivity contribution in [1.29, 1.82) is 0 Å². The standard InChI is InChI=1S/C17H22N2O4/c1-12(20)19-9-7-14(8-10-19)16(21)18-11-15(17(22)23)13-5-3-2-4-6-13/h2-6,14-15H,7-11H2,1H3,(H,18,21)(H,22,23). The zero-order valence-corrected chi connectivity index (χ0v) is 13.2. The van der Waals surface area contributed by atoms with Crippen LogP contribution in [0.1, 0.15) is 31.2 Å². The molecular formula is C17H22N2O4. The van der Waals surface area contributed by atoms with Crippen molar-refractivity contribution in [3.63, 3.8) is 0 Å². The second-order valence-corrected chi connectivity index (χ2v) is 5.83. The van der Waals surface area contributed by atoms with E-state index < -0.39 is 11.9 Å². The van der Waals surface area contributed by atoms with Gasteiger partial charge >= 0.3 is 5.97 Å². The van der Waals surface area contributed by atoms with E-state index in [1.165, 1.54) is 6.92 Å². The Morgan fingerprint density at radius 2 is 1.83 bits per heavy atom. The molecule has 0 radical (unpaired) electrons. The summed E-state index contributed by atoms with van der Waals surface area (Å²) in [4.78, 5) is 36.6. The van der Waals surface area contributed by atoms with Crippen molar-refractivity contribution in [3.8, 4) is 0 Å². The van der Waals surface area contributed by atoms with Crippen molar-refractivity contribution in [3.05, 3.63) is 35.9 Å². The van der Waals surface area contributed by atoms with E-state index in [0.29, 0.717) is 31.5 Å². The number of likely N-dealkylation sites (tertiary alicyclic amines) is 1. The topological polar surface area (TPSA) is 86.7 Å². The van der Waals surface area contributed by atoms with Gasteiger partial charge in [-0.15, -0.1) is 0 Å². The lowest BCUT2D eigenvalue weighted by Gasteiger charge is -2.30. The number of carbonyl (C=O) groups is 3. The van der Waals surface area contributed by atoms with Crippen LogP contribution in [0, 0.1) is 5.92 Å². The van der Waals surface area contributed by atoms with Gasteiger partial charge in [0.1, 0.15) is 0 Å². The van der Waals surface area contributed by atoms with Gasteiger partial charge < -0.3 is 15.3 Å². The lowest BCUT2D eigenvalue weighted by Crippen LogP contribution is -2.43. The van der Waals surface area contributed by atoms with E-state index >= 15 is 0 Å². The number of nitrogens with zero attached hydrogens (tertiary/aromatic N) is 1. The second-order valence-electron chi connectivity index (χ2n) is 5.83. The van der Waals surface area contributed by atoms with Crippen LogP contribution in [0.2, 0.25) is 0 Å². The fourth-order valence-corrected chi connectivity index (χ4v) is 2.84. The zero-order valence-electron chi connectivity index (χ0n) is 13.2. The van der Waals surface area contributed by atoms with Crippen LogP contribution in [0.4, 0.5) is 0 Å². The van der Waals surface area contributed by atoms with Crippen LogP contribution >= 0.6 is 0 Å². The maximum absolute atomic E-state index is 12.2. The number of aliphatic carboxylic acids is 1. The highest BCUT2D eigenvalue weighted by atomic mass is 16.4. The number of rotatable bonds is 5. The average molecular weight is 318 g/mol. The quantitative estimate of drug-likeness (QED) is 0.855. The van der Waals surface area contributed by atoms with Gasteiger partial charge in [0.15, 0.2) is 0 Å². The predicted octanol–water partition coefficient (Wildman–Crippen LogP) is 1.23. The number of nitrogens with one attached hydrogen (secondary N) is 1. The Morgan fingerprint density at radius 1 is 1.22 bits per heavy atom. The molecule has 2 rings (SSSR count). The Kier molecular flexibility index (Phi) is 5.73. The van der Waals surface area contributed by atoms with Crippen LogP contribution in [-0.2, 0) is 14.4 Å². The van der Waals surface area contributed by atoms with E-state index in [4.69, 9.17) is 0 Å². The van der Waals surface area contributed by atoms with Crippen molar-refractivity contribution >= 4 is 17.8 Å².